The SMILES string of the molecule is CC(C(=O)O)=C(C)C(=O)NC1(C)CCOC1. The summed E-state index contributed by atoms with van der Waals surface area (Å²) < 4.78 is 5.20. The molecule has 5 nitrogen and oxygen atoms in total. The molecule has 1 aliphatic heterocycles. The van der Waals surface area contributed by atoms with Crippen LogP contribution in [0.25, 0.3) is 0 Å². The summed E-state index contributed by atoms with van der Waals surface area (Å²) in [7, 11) is 0. The molecule has 1 aliphatic rings. The lowest BCUT2D eigenvalue weighted by Gasteiger charge is -2.23. The first-order valence-electron chi connectivity index (χ1n) is 5.17. The van der Waals surface area contributed by atoms with Crippen LogP contribution in [0.5, 0.6) is 0 Å². The molecule has 0 bridgehead atoms. The Balaban J connectivity index is 2.72. The lowest BCUT2D eigenvalue weighted by molar-refractivity contribution is -0.133. The van der Waals surface area contributed by atoms with Crippen LogP contribution in [0.2, 0.25) is 0 Å². The van der Waals surface area contributed by atoms with Crippen molar-refractivity contribution in [2.45, 2.75) is 32.7 Å². The highest BCUT2D eigenvalue weighted by molar-refractivity contribution is 6.01. The molecule has 0 aliphatic carbocycles. The second-order valence-corrected chi connectivity index (χ2v) is 4.37. The smallest absolute Gasteiger partial charge is 0.331 e. The van der Waals surface area contributed by atoms with Gasteiger partial charge in [-0.3, -0.25) is 4.79 Å². The largest absolute Gasteiger partial charge is 0.478 e. The predicted octanol–water partition coefficient (Wildman–Crippen LogP) is 0.703. The summed E-state index contributed by atoms with van der Waals surface area (Å²) in [4.78, 5) is 22.5. The van der Waals surface area contributed by atoms with Gasteiger partial charge < -0.3 is 15.2 Å². The van der Waals surface area contributed by atoms with Crippen molar-refractivity contribution in [1.82, 2.24) is 5.32 Å². The molecule has 0 spiro atoms. The number of carbonyl (C=O) groups is 2. The first-order chi connectivity index (χ1) is 7.36. The monoisotopic (exact) mass is 227 g/mol. The molecular weight excluding hydrogens is 210 g/mol. The van der Waals surface area contributed by atoms with Gasteiger partial charge in [-0.1, -0.05) is 0 Å². The first-order valence-corrected chi connectivity index (χ1v) is 5.17. The maximum atomic E-state index is 11.8. The fraction of sp³-hybridized carbons (Fsp3) is 0.636. The minimum atomic E-state index is -1.07. The number of hydrogen-bond donors (Lipinski definition) is 2. The zero-order valence-electron chi connectivity index (χ0n) is 9.79. The van der Waals surface area contributed by atoms with Gasteiger partial charge in [0.1, 0.15) is 0 Å². The van der Waals surface area contributed by atoms with Crippen molar-refractivity contribution >= 4 is 11.9 Å². The maximum Gasteiger partial charge on any atom is 0.331 e. The Hall–Kier alpha value is -1.36. The van der Waals surface area contributed by atoms with Crippen molar-refractivity contribution in [1.29, 1.82) is 0 Å². The van der Waals surface area contributed by atoms with Crippen LogP contribution in [0.15, 0.2) is 11.1 Å². The van der Waals surface area contributed by atoms with Crippen LogP contribution < -0.4 is 5.32 Å². The molecule has 1 heterocycles. The molecule has 1 fully saturated rings. The number of ether oxygens (including phenoxy) is 1. The molecular formula is C11H17NO4. The summed E-state index contributed by atoms with van der Waals surface area (Å²) in [6.45, 7) is 5.92. The molecule has 1 rings (SSSR count). The molecule has 0 aromatic rings. The van der Waals surface area contributed by atoms with E-state index in [1.807, 2.05) is 6.92 Å². The Kier molecular flexibility index (Phi) is 3.70. The van der Waals surface area contributed by atoms with Crippen LogP contribution in [0.4, 0.5) is 0 Å². The zero-order valence-corrected chi connectivity index (χ0v) is 9.79. The van der Waals surface area contributed by atoms with Crippen LogP contribution >= 0.6 is 0 Å². The van der Waals surface area contributed by atoms with Crippen molar-refractivity contribution in [2.24, 2.45) is 0 Å². The van der Waals surface area contributed by atoms with Crippen molar-refractivity contribution < 1.29 is 19.4 Å². The summed E-state index contributed by atoms with van der Waals surface area (Å²) in [6.07, 6.45) is 0.748. The lowest BCUT2D eigenvalue weighted by Crippen LogP contribution is -2.47. The Bertz CT molecular complexity index is 340. The maximum absolute atomic E-state index is 11.8. The van der Waals surface area contributed by atoms with Crippen molar-refractivity contribution in [2.75, 3.05) is 13.2 Å². The van der Waals surface area contributed by atoms with E-state index in [0.29, 0.717) is 13.2 Å². The standard InChI is InChI=1S/C11H17NO4/c1-7(8(2)10(14)15)9(13)12-11(3)4-5-16-6-11/h4-6H2,1-3H3,(H,12,13)(H,14,15). The van der Waals surface area contributed by atoms with E-state index in [9.17, 15) is 9.59 Å². The Morgan fingerprint density at radius 1 is 1.31 bits per heavy atom. The third-order valence-corrected chi connectivity index (χ3v) is 2.86. The number of carbonyl (C=O) groups excluding carboxylic acids is 1. The predicted molar refractivity (Wildman–Crippen MR) is 58.0 cm³/mol. The highest BCUT2D eigenvalue weighted by Gasteiger charge is 2.31. The third kappa shape index (κ3) is 2.82. The highest BCUT2D eigenvalue weighted by atomic mass is 16.5. The summed E-state index contributed by atoms with van der Waals surface area (Å²) in [5.74, 6) is -1.41. The number of rotatable bonds is 3. The fourth-order valence-corrected chi connectivity index (χ4v) is 1.46. The average Bonchev–Trinajstić information content (AvgIpc) is 2.62. The molecule has 1 saturated heterocycles. The summed E-state index contributed by atoms with van der Waals surface area (Å²) in [6, 6.07) is 0. The van der Waals surface area contributed by atoms with E-state index in [4.69, 9.17) is 9.84 Å². The van der Waals surface area contributed by atoms with Gasteiger partial charge in [-0.05, 0) is 27.2 Å². The number of aliphatic carboxylic acids is 1. The average molecular weight is 227 g/mol. The first kappa shape index (κ1) is 12.7. The van der Waals surface area contributed by atoms with E-state index in [-0.39, 0.29) is 22.6 Å². The van der Waals surface area contributed by atoms with Crippen molar-refractivity contribution in [3.8, 4) is 0 Å². The van der Waals surface area contributed by atoms with Gasteiger partial charge in [0, 0.05) is 17.8 Å². The molecule has 0 aromatic carbocycles. The van der Waals surface area contributed by atoms with Gasteiger partial charge in [0.25, 0.3) is 0 Å². The van der Waals surface area contributed by atoms with Crippen LogP contribution in [-0.2, 0) is 14.3 Å². The van der Waals surface area contributed by atoms with E-state index >= 15 is 0 Å². The summed E-state index contributed by atoms with van der Waals surface area (Å²) >= 11 is 0. The van der Waals surface area contributed by atoms with Crippen LogP contribution in [0, 0.1) is 0 Å². The van der Waals surface area contributed by atoms with E-state index in [1.165, 1.54) is 13.8 Å². The van der Waals surface area contributed by atoms with Gasteiger partial charge >= 0.3 is 5.97 Å². The van der Waals surface area contributed by atoms with Crippen molar-refractivity contribution in [3.05, 3.63) is 11.1 Å². The molecule has 0 saturated carbocycles. The molecule has 16 heavy (non-hydrogen) atoms. The van der Waals surface area contributed by atoms with Gasteiger partial charge in [0.05, 0.1) is 12.1 Å². The summed E-state index contributed by atoms with van der Waals surface area (Å²) in [5.41, 5.74) is -0.0717. The van der Waals surface area contributed by atoms with E-state index < -0.39 is 5.97 Å². The van der Waals surface area contributed by atoms with Gasteiger partial charge in [-0.2, -0.15) is 0 Å². The number of carboxylic acid groups (broad SMARTS) is 1. The van der Waals surface area contributed by atoms with E-state index in [0.717, 1.165) is 6.42 Å². The van der Waals surface area contributed by atoms with Crippen molar-refractivity contribution in [3.63, 3.8) is 0 Å². The molecule has 0 radical (unpaired) electrons. The normalized spacial score (nSPS) is 26.2. The fourth-order valence-electron chi connectivity index (χ4n) is 1.46. The Morgan fingerprint density at radius 3 is 2.38 bits per heavy atom. The minimum Gasteiger partial charge on any atom is -0.478 e. The highest BCUT2D eigenvalue weighted by Crippen LogP contribution is 2.18. The molecule has 0 aromatic heterocycles. The zero-order chi connectivity index (χ0) is 12.3. The number of carboxylic acids is 1. The molecule has 1 atom stereocenters. The molecule has 1 unspecified atom stereocenters. The number of amides is 1. The quantitative estimate of drug-likeness (QED) is 0.696. The summed E-state index contributed by atoms with van der Waals surface area (Å²) in [5, 5.41) is 11.6. The third-order valence-electron chi connectivity index (χ3n) is 2.86. The molecule has 1 amide bonds. The van der Waals surface area contributed by atoms with E-state index in [1.54, 1.807) is 0 Å². The molecule has 90 valence electrons. The van der Waals surface area contributed by atoms with Gasteiger partial charge in [0.2, 0.25) is 5.91 Å². The second-order valence-electron chi connectivity index (χ2n) is 4.37. The second kappa shape index (κ2) is 4.65. The number of nitrogens with one attached hydrogen (secondary N) is 1. The van der Waals surface area contributed by atoms with Gasteiger partial charge in [-0.15, -0.1) is 0 Å². The molecule has 2 N–H and O–H groups in total. The Morgan fingerprint density at radius 2 is 1.94 bits per heavy atom. The van der Waals surface area contributed by atoms with Gasteiger partial charge in [-0.25, -0.2) is 4.79 Å². The lowest BCUT2D eigenvalue weighted by atomic mass is 10.0. The number of hydrogen-bond acceptors (Lipinski definition) is 3. The van der Waals surface area contributed by atoms with Crippen LogP contribution in [0.3, 0.4) is 0 Å². The Labute approximate surface area is 94.5 Å². The van der Waals surface area contributed by atoms with E-state index in [2.05, 4.69) is 5.32 Å². The van der Waals surface area contributed by atoms with Gasteiger partial charge in [0.15, 0.2) is 0 Å². The van der Waals surface area contributed by atoms with Crippen LogP contribution in [0.1, 0.15) is 27.2 Å². The van der Waals surface area contributed by atoms with Crippen LogP contribution in [-0.4, -0.2) is 35.7 Å². The minimum absolute atomic E-state index is 0.0695. The molecule has 5 heteroatoms. The topological polar surface area (TPSA) is 75.6 Å².